The van der Waals surface area contributed by atoms with E-state index in [9.17, 15) is 14.4 Å². The Labute approximate surface area is 204 Å². The van der Waals surface area contributed by atoms with Gasteiger partial charge in [0.25, 0.3) is 0 Å². The van der Waals surface area contributed by atoms with Gasteiger partial charge in [0.2, 0.25) is 5.91 Å². The van der Waals surface area contributed by atoms with Gasteiger partial charge in [0, 0.05) is 12.8 Å². The Morgan fingerprint density at radius 2 is 1.88 bits per heavy atom. The third-order valence-corrected chi connectivity index (χ3v) is 5.98. The van der Waals surface area contributed by atoms with E-state index < -0.39 is 35.5 Å². The molecule has 0 bridgehead atoms. The number of ether oxygens (including phenoxy) is 2. The fourth-order valence-electron chi connectivity index (χ4n) is 4.16. The molecule has 1 aromatic carbocycles. The van der Waals surface area contributed by atoms with Crippen molar-refractivity contribution in [3.8, 4) is 0 Å². The molecule has 0 saturated heterocycles. The standard InChI is InChI=1S/C27H42N2O5/c1-5-6-16-33-26(32)23(18-19-10-9-13-21(17-19)20-11-7-8-12-20)29-25(31)22(28)14-15-24(30)34-27(2,3)4/h9-10,13,17,20,22-23H,5-8,11-12,14-16,18,28H2,1-4H3,(H,29,31)/t22-,23-/m0/s1. The van der Waals surface area contributed by atoms with E-state index in [2.05, 4.69) is 17.4 Å². The molecule has 7 heteroatoms. The van der Waals surface area contributed by atoms with Crippen LogP contribution in [0.2, 0.25) is 0 Å². The van der Waals surface area contributed by atoms with Crippen LogP contribution in [0.25, 0.3) is 0 Å². The number of benzene rings is 1. The summed E-state index contributed by atoms with van der Waals surface area (Å²) in [5, 5.41) is 2.76. The van der Waals surface area contributed by atoms with Gasteiger partial charge in [-0.05, 0) is 63.5 Å². The van der Waals surface area contributed by atoms with Crippen molar-refractivity contribution in [1.29, 1.82) is 0 Å². The number of unbranched alkanes of at least 4 members (excludes halogenated alkanes) is 1. The minimum atomic E-state index is -0.928. The second-order valence-corrected chi connectivity index (χ2v) is 10.2. The number of hydrogen-bond donors (Lipinski definition) is 2. The summed E-state index contributed by atoms with van der Waals surface area (Å²) in [4.78, 5) is 37.5. The first-order valence-electron chi connectivity index (χ1n) is 12.6. The number of carbonyl (C=O) groups is 3. The van der Waals surface area contributed by atoms with Crippen LogP contribution in [0.3, 0.4) is 0 Å². The van der Waals surface area contributed by atoms with Crippen LogP contribution in [0.15, 0.2) is 24.3 Å². The number of rotatable bonds is 12. The van der Waals surface area contributed by atoms with E-state index >= 15 is 0 Å². The quantitative estimate of drug-likeness (QED) is 0.348. The summed E-state index contributed by atoms with van der Waals surface area (Å²) in [6, 6.07) is 6.49. The summed E-state index contributed by atoms with van der Waals surface area (Å²) in [5.74, 6) is -0.791. The van der Waals surface area contributed by atoms with Gasteiger partial charge in [0.1, 0.15) is 11.6 Å². The molecule has 3 N–H and O–H groups in total. The molecule has 0 aromatic heterocycles. The maximum absolute atomic E-state index is 12.8. The summed E-state index contributed by atoms with van der Waals surface area (Å²) in [7, 11) is 0. The molecule has 2 atom stereocenters. The molecule has 1 saturated carbocycles. The van der Waals surface area contributed by atoms with E-state index in [4.69, 9.17) is 15.2 Å². The molecule has 190 valence electrons. The van der Waals surface area contributed by atoms with Gasteiger partial charge in [-0.1, -0.05) is 50.5 Å². The monoisotopic (exact) mass is 474 g/mol. The molecule has 2 rings (SSSR count). The summed E-state index contributed by atoms with van der Waals surface area (Å²) in [6.45, 7) is 7.69. The lowest BCUT2D eigenvalue weighted by atomic mass is 9.94. The topological polar surface area (TPSA) is 108 Å². The van der Waals surface area contributed by atoms with Crippen LogP contribution in [0.4, 0.5) is 0 Å². The Kier molecular flexibility index (Phi) is 11.0. The van der Waals surface area contributed by atoms with Crippen molar-refractivity contribution in [3.63, 3.8) is 0 Å². The zero-order chi connectivity index (χ0) is 25.1. The molecule has 7 nitrogen and oxygen atoms in total. The molecule has 0 aliphatic heterocycles. The van der Waals surface area contributed by atoms with Crippen molar-refractivity contribution in [3.05, 3.63) is 35.4 Å². The normalized spacial score (nSPS) is 16.0. The van der Waals surface area contributed by atoms with Crippen molar-refractivity contribution in [1.82, 2.24) is 5.32 Å². The first-order chi connectivity index (χ1) is 16.1. The van der Waals surface area contributed by atoms with Gasteiger partial charge in [-0.3, -0.25) is 9.59 Å². The molecule has 1 aliphatic carbocycles. The van der Waals surface area contributed by atoms with Gasteiger partial charge in [-0.15, -0.1) is 0 Å². The zero-order valence-corrected chi connectivity index (χ0v) is 21.2. The summed E-state index contributed by atoms with van der Waals surface area (Å²) < 4.78 is 10.7. The number of hydrogen-bond acceptors (Lipinski definition) is 6. The second kappa shape index (κ2) is 13.5. The van der Waals surface area contributed by atoms with Crippen LogP contribution < -0.4 is 11.1 Å². The van der Waals surface area contributed by atoms with Gasteiger partial charge in [-0.25, -0.2) is 4.79 Å². The predicted octanol–water partition coefficient (Wildman–Crippen LogP) is 4.16. The lowest BCUT2D eigenvalue weighted by Crippen LogP contribution is -2.50. The van der Waals surface area contributed by atoms with E-state index in [0.29, 0.717) is 18.9 Å². The first-order valence-corrected chi connectivity index (χ1v) is 12.6. The molecular formula is C27H42N2O5. The van der Waals surface area contributed by atoms with Crippen molar-refractivity contribution in [2.75, 3.05) is 6.61 Å². The largest absolute Gasteiger partial charge is 0.464 e. The average Bonchev–Trinajstić information content (AvgIpc) is 3.31. The number of nitrogens with two attached hydrogens (primary N) is 1. The third-order valence-electron chi connectivity index (χ3n) is 5.98. The fraction of sp³-hybridized carbons (Fsp3) is 0.667. The lowest BCUT2D eigenvalue weighted by Gasteiger charge is -2.22. The van der Waals surface area contributed by atoms with Gasteiger partial charge in [0.05, 0.1) is 12.6 Å². The molecule has 0 heterocycles. The SMILES string of the molecule is CCCCOC(=O)[C@H](Cc1cccc(C2CCCC2)c1)NC(=O)[C@@H](N)CCC(=O)OC(C)(C)C. The molecular weight excluding hydrogens is 432 g/mol. The zero-order valence-electron chi connectivity index (χ0n) is 21.2. The van der Waals surface area contributed by atoms with Crippen LogP contribution in [0, 0.1) is 0 Å². The minimum absolute atomic E-state index is 0.0287. The van der Waals surface area contributed by atoms with E-state index in [0.717, 1.165) is 18.4 Å². The fourth-order valence-corrected chi connectivity index (χ4v) is 4.16. The number of nitrogens with one attached hydrogen (secondary N) is 1. The Balaban J connectivity index is 2.02. The predicted molar refractivity (Wildman–Crippen MR) is 132 cm³/mol. The van der Waals surface area contributed by atoms with Crippen molar-refractivity contribution in [2.24, 2.45) is 5.73 Å². The average molecular weight is 475 g/mol. The smallest absolute Gasteiger partial charge is 0.328 e. The highest BCUT2D eigenvalue weighted by Gasteiger charge is 2.27. The van der Waals surface area contributed by atoms with Crippen LogP contribution in [0.5, 0.6) is 0 Å². The van der Waals surface area contributed by atoms with Gasteiger partial charge < -0.3 is 20.5 Å². The van der Waals surface area contributed by atoms with Crippen LogP contribution >= 0.6 is 0 Å². The Morgan fingerprint density at radius 3 is 2.53 bits per heavy atom. The molecule has 0 spiro atoms. The molecule has 1 aliphatic rings. The first kappa shape index (κ1) is 27.8. The minimum Gasteiger partial charge on any atom is -0.464 e. The van der Waals surface area contributed by atoms with Crippen LogP contribution in [-0.2, 0) is 30.3 Å². The van der Waals surface area contributed by atoms with Gasteiger partial charge in [0.15, 0.2) is 0 Å². The molecule has 1 aromatic rings. The Hall–Kier alpha value is -2.41. The highest BCUT2D eigenvalue weighted by molar-refractivity contribution is 5.88. The number of esters is 2. The highest BCUT2D eigenvalue weighted by atomic mass is 16.6. The summed E-state index contributed by atoms with van der Waals surface area (Å²) in [5.41, 5.74) is 7.70. The Bertz CT molecular complexity index is 811. The van der Waals surface area contributed by atoms with Crippen LogP contribution in [0.1, 0.15) is 96.1 Å². The molecule has 1 amide bonds. The maximum atomic E-state index is 12.8. The maximum Gasteiger partial charge on any atom is 0.328 e. The molecule has 1 fully saturated rings. The van der Waals surface area contributed by atoms with E-state index in [1.165, 1.54) is 31.2 Å². The van der Waals surface area contributed by atoms with Gasteiger partial charge >= 0.3 is 11.9 Å². The Morgan fingerprint density at radius 1 is 1.18 bits per heavy atom. The van der Waals surface area contributed by atoms with Crippen molar-refractivity contribution < 1.29 is 23.9 Å². The van der Waals surface area contributed by atoms with Crippen LogP contribution in [-0.4, -0.2) is 42.1 Å². The summed E-state index contributed by atoms with van der Waals surface area (Å²) >= 11 is 0. The number of amides is 1. The lowest BCUT2D eigenvalue weighted by molar-refractivity contribution is -0.155. The molecule has 0 radical (unpaired) electrons. The summed E-state index contributed by atoms with van der Waals surface area (Å²) in [6.07, 6.45) is 7.04. The van der Waals surface area contributed by atoms with E-state index in [1.807, 2.05) is 19.1 Å². The van der Waals surface area contributed by atoms with Crippen molar-refractivity contribution in [2.45, 2.75) is 109 Å². The van der Waals surface area contributed by atoms with Gasteiger partial charge in [-0.2, -0.15) is 0 Å². The molecule has 34 heavy (non-hydrogen) atoms. The van der Waals surface area contributed by atoms with Crippen molar-refractivity contribution >= 4 is 17.8 Å². The van der Waals surface area contributed by atoms with E-state index in [-0.39, 0.29) is 12.8 Å². The number of carbonyl (C=O) groups excluding carboxylic acids is 3. The van der Waals surface area contributed by atoms with E-state index in [1.54, 1.807) is 20.8 Å². The highest BCUT2D eigenvalue weighted by Crippen LogP contribution is 2.34. The second-order valence-electron chi connectivity index (χ2n) is 10.2. The third kappa shape index (κ3) is 9.84. The molecule has 0 unspecified atom stereocenters.